The maximum atomic E-state index is 12.6. The Morgan fingerprint density at radius 2 is 1.95 bits per heavy atom. The quantitative estimate of drug-likeness (QED) is 0.771. The summed E-state index contributed by atoms with van der Waals surface area (Å²) >= 11 is 0. The van der Waals surface area contributed by atoms with Gasteiger partial charge in [0.05, 0.1) is 22.9 Å². The Morgan fingerprint density at radius 1 is 1.15 bits per heavy atom. The zero-order valence-corrected chi connectivity index (χ0v) is 10.2. The van der Waals surface area contributed by atoms with Crippen LogP contribution < -0.4 is 0 Å². The number of hydrogen-bond acceptors (Lipinski definition) is 2. The molecule has 0 radical (unpaired) electrons. The highest BCUT2D eigenvalue weighted by atomic mass is 19.4. The number of nitrogens with zero attached hydrogens (tertiary/aromatic N) is 2. The smallest absolute Gasteiger partial charge is 0.257 e. The van der Waals surface area contributed by atoms with Gasteiger partial charge >= 0.3 is 6.18 Å². The van der Waals surface area contributed by atoms with Gasteiger partial charge in [-0.05, 0) is 35.9 Å². The number of rotatable bonds is 2. The van der Waals surface area contributed by atoms with Gasteiger partial charge < -0.3 is 0 Å². The van der Waals surface area contributed by atoms with Crippen LogP contribution in [-0.4, -0.2) is 4.98 Å². The molecule has 0 aliphatic heterocycles. The van der Waals surface area contributed by atoms with E-state index < -0.39 is 11.7 Å². The van der Waals surface area contributed by atoms with Crippen LogP contribution in [0.5, 0.6) is 0 Å². The molecule has 2 aromatic rings. The Labute approximate surface area is 113 Å². The Bertz CT molecular complexity index is 668. The molecule has 2 rings (SSSR count). The molecule has 0 fully saturated rings. The molecular weight excluding hydrogens is 265 g/mol. The van der Waals surface area contributed by atoms with Crippen molar-refractivity contribution in [2.75, 3.05) is 0 Å². The van der Waals surface area contributed by atoms with Crippen molar-refractivity contribution in [2.24, 2.45) is 0 Å². The fourth-order valence-electron chi connectivity index (χ4n) is 1.65. The predicted molar refractivity (Wildman–Crippen MR) is 69.2 cm³/mol. The summed E-state index contributed by atoms with van der Waals surface area (Å²) in [5, 5.41) is 9.11. The van der Waals surface area contributed by atoms with Crippen molar-refractivity contribution >= 4 is 11.6 Å². The standard InChI is InChI=1S/C15H9F3N2/c16-15(17,18)13-5-3-4-11(8-13)12(10-19)9-14-6-1-2-7-20-14/h1-9H/b12-9+. The first-order valence-corrected chi connectivity index (χ1v) is 5.71. The summed E-state index contributed by atoms with van der Waals surface area (Å²) in [6, 6.07) is 11.7. The van der Waals surface area contributed by atoms with E-state index in [0.29, 0.717) is 5.69 Å². The number of halogens is 3. The van der Waals surface area contributed by atoms with E-state index in [9.17, 15) is 13.2 Å². The van der Waals surface area contributed by atoms with Crippen molar-refractivity contribution in [1.29, 1.82) is 5.26 Å². The minimum absolute atomic E-state index is 0.134. The van der Waals surface area contributed by atoms with Gasteiger partial charge in [0.2, 0.25) is 0 Å². The minimum atomic E-state index is -4.43. The molecule has 0 amide bonds. The van der Waals surface area contributed by atoms with Crippen LogP contribution in [0.4, 0.5) is 13.2 Å². The third-order valence-corrected chi connectivity index (χ3v) is 2.60. The van der Waals surface area contributed by atoms with Crippen LogP contribution in [0.25, 0.3) is 11.6 Å². The lowest BCUT2D eigenvalue weighted by Gasteiger charge is -2.08. The van der Waals surface area contributed by atoms with E-state index in [1.165, 1.54) is 18.2 Å². The van der Waals surface area contributed by atoms with Gasteiger partial charge in [-0.1, -0.05) is 18.2 Å². The molecule has 0 aliphatic carbocycles. The molecule has 20 heavy (non-hydrogen) atoms. The first-order chi connectivity index (χ1) is 9.50. The van der Waals surface area contributed by atoms with E-state index in [1.807, 2.05) is 6.07 Å². The topological polar surface area (TPSA) is 36.7 Å². The van der Waals surface area contributed by atoms with Gasteiger partial charge in [0.25, 0.3) is 0 Å². The first kappa shape index (κ1) is 13.8. The zero-order valence-electron chi connectivity index (χ0n) is 10.2. The molecule has 0 spiro atoms. The SMILES string of the molecule is N#C/C(=C\c1ccccn1)c1cccc(C(F)(F)F)c1. The number of nitriles is 1. The maximum Gasteiger partial charge on any atom is 0.416 e. The molecule has 0 aliphatic rings. The molecular formula is C15H9F3N2. The van der Waals surface area contributed by atoms with E-state index >= 15 is 0 Å². The average molecular weight is 274 g/mol. The number of pyridine rings is 1. The molecule has 0 bridgehead atoms. The van der Waals surface area contributed by atoms with Gasteiger partial charge in [-0.25, -0.2) is 0 Å². The number of hydrogen-bond donors (Lipinski definition) is 0. The van der Waals surface area contributed by atoms with Crippen LogP contribution >= 0.6 is 0 Å². The number of allylic oxidation sites excluding steroid dienone is 1. The van der Waals surface area contributed by atoms with E-state index in [4.69, 9.17) is 5.26 Å². The lowest BCUT2D eigenvalue weighted by molar-refractivity contribution is -0.137. The maximum absolute atomic E-state index is 12.6. The fourth-order valence-corrected chi connectivity index (χ4v) is 1.65. The van der Waals surface area contributed by atoms with Crippen molar-refractivity contribution in [3.63, 3.8) is 0 Å². The number of aromatic nitrogens is 1. The fraction of sp³-hybridized carbons (Fsp3) is 0.0667. The molecule has 0 atom stereocenters. The summed E-state index contributed by atoms with van der Waals surface area (Å²) in [5.41, 5.74) is 0.0846. The third-order valence-electron chi connectivity index (χ3n) is 2.60. The van der Waals surface area contributed by atoms with Crippen LogP contribution in [0, 0.1) is 11.3 Å². The lowest BCUT2D eigenvalue weighted by atomic mass is 10.0. The summed E-state index contributed by atoms with van der Waals surface area (Å²) < 4.78 is 37.9. The Hall–Kier alpha value is -2.61. The summed E-state index contributed by atoms with van der Waals surface area (Å²) in [6.07, 6.45) is -1.43. The van der Waals surface area contributed by atoms with Gasteiger partial charge in [-0.3, -0.25) is 4.98 Å². The van der Waals surface area contributed by atoms with Gasteiger partial charge in [0.1, 0.15) is 0 Å². The summed E-state index contributed by atoms with van der Waals surface area (Å²) in [6.45, 7) is 0. The predicted octanol–water partition coefficient (Wildman–Crippen LogP) is 4.16. The van der Waals surface area contributed by atoms with Crippen molar-refractivity contribution in [2.45, 2.75) is 6.18 Å². The van der Waals surface area contributed by atoms with Crippen LogP contribution in [0.2, 0.25) is 0 Å². The number of benzene rings is 1. The Balaban J connectivity index is 2.44. The van der Waals surface area contributed by atoms with Crippen LogP contribution in [0.3, 0.4) is 0 Å². The number of alkyl halides is 3. The molecule has 0 saturated carbocycles. The summed E-state index contributed by atoms with van der Waals surface area (Å²) in [5.74, 6) is 0. The molecule has 1 aromatic heterocycles. The molecule has 0 N–H and O–H groups in total. The van der Waals surface area contributed by atoms with Crippen LogP contribution in [0.15, 0.2) is 48.7 Å². The highest BCUT2D eigenvalue weighted by Gasteiger charge is 2.30. The van der Waals surface area contributed by atoms with E-state index in [-0.39, 0.29) is 11.1 Å². The van der Waals surface area contributed by atoms with Gasteiger partial charge in [-0.15, -0.1) is 0 Å². The average Bonchev–Trinajstić information content (AvgIpc) is 2.45. The highest BCUT2D eigenvalue weighted by Crippen LogP contribution is 2.31. The lowest BCUT2D eigenvalue weighted by Crippen LogP contribution is -2.04. The van der Waals surface area contributed by atoms with Crippen molar-refractivity contribution in [3.05, 3.63) is 65.5 Å². The molecule has 1 aromatic carbocycles. The Morgan fingerprint density at radius 3 is 2.55 bits per heavy atom. The normalized spacial score (nSPS) is 12.0. The van der Waals surface area contributed by atoms with E-state index in [2.05, 4.69) is 4.98 Å². The molecule has 0 saturated heterocycles. The second kappa shape index (κ2) is 5.57. The molecule has 0 unspecified atom stereocenters. The van der Waals surface area contributed by atoms with Crippen molar-refractivity contribution in [1.82, 2.24) is 4.98 Å². The van der Waals surface area contributed by atoms with E-state index in [0.717, 1.165) is 12.1 Å². The summed E-state index contributed by atoms with van der Waals surface area (Å²) in [4.78, 5) is 4.01. The molecule has 2 nitrogen and oxygen atoms in total. The van der Waals surface area contributed by atoms with Crippen molar-refractivity contribution in [3.8, 4) is 6.07 Å². The van der Waals surface area contributed by atoms with Gasteiger partial charge in [0.15, 0.2) is 0 Å². The Kier molecular flexibility index (Phi) is 3.85. The largest absolute Gasteiger partial charge is 0.416 e. The minimum Gasteiger partial charge on any atom is -0.257 e. The van der Waals surface area contributed by atoms with Crippen LogP contribution in [-0.2, 0) is 6.18 Å². The third kappa shape index (κ3) is 3.23. The molecule has 1 heterocycles. The zero-order chi connectivity index (χ0) is 14.6. The molecule has 100 valence electrons. The second-order valence-corrected chi connectivity index (χ2v) is 4.00. The van der Waals surface area contributed by atoms with Crippen LogP contribution in [0.1, 0.15) is 16.8 Å². The highest BCUT2D eigenvalue weighted by molar-refractivity contribution is 5.89. The first-order valence-electron chi connectivity index (χ1n) is 5.71. The van der Waals surface area contributed by atoms with Gasteiger partial charge in [-0.2, -0.15) is 18.4 Å². The van der Waals surface area contributed by atoms with E-state index in [1.54, 1.807) is 24.4 Å². The van der Waals surface area contributed by atoms with Gasteiger partial charge in [0, 0.05) is 6.20 Å². The van der Waals surface area contributed by atoms with Crippen molar-refractivity contribution < 1.29 is 13.2 Å². The molecule has 5 heteroatoms. The monoisotopic (exact) mass is 274 g/mol. The second-order valence-electron chi connectivity index (χ2n) is 4.00. The summed E-state index contributed by atoms with van der Waals surface area (Å²) in [7, 11) is 0.